The Morgan fingerprint density at radius 2 is 1.33 bits per heavy atom. The van der Waals surface area contributed by atoms with Crippen molar-refractivity contribution in [2.24, 2.45) is 0 Å². The van der Waals surface area contributed by atoms with Crippen LogP contribution in [0.2, 0.25) is 0 Å². The van der Waals surface area contributed by atoms with Gasteiger partial charge in [-0.15, -0.1) is 0 Å². The van der Waals surface area contributed by atoms with Crippen LogP contribution in [0.25, 0.3) is 0 Å². The number of hydrogen-bond donors (Lipinski definition) is 1. The highest BCUT2D eigenvalue weighted by atomic mass is 16.5. The van der Waals surface area contributed by atoms with E-state index in [4.69, 9.17) is 9.47 Å². The molecule has 0 bridgehead atoms. The third-order valence-corrected chi connectivity index (χ3v) is 6.28. The molecule has 174 valence electrons. The fourth-order valence-electron chi connectivity index (χ4n) is 4.41. The minimum Gasteiger partial charge on any atom is -0.497 e. The van der Waals surface area contributed by atoms with Crippen LogP contribution in [0.1, 0.15) is 17.0 Å². The first kappa shape index (κ1) is 23.3. The van der Waals surface area contributed by atoms with Gasteiger partial charge in [0.05, 0.1) is 26.4 Å². The highest BCUT2D eigenvalue weighted by Gasteiger charge is 2.20. The topological polar surface area (TPSA) is 45.2 Å². The maximum Gasteiger partial charge on any atom is 0.119 e. The monoisotopic (exact) mass is 446 g/mol. The number of hydrogen-bond acceptors (Lipinski definition) is 5. The summed E-state index contributed by atoms with van der Waals surface area (Å²) < 4.78 is 11.3. The van der Waals surface area contributed by atoms with Crippen molar-refractivity contribution in [3.63, 3.8) is 0 Å². The summed E-state index contributed by atoms with van der Waals surface area (Å²) in [5.74, 6) is 1.04. The standard InChI is InChI=1S/C28H34N2O3/c1-32-27-14-12-25(13-15-27)30-18-16-29(17-19-30)20-26(31)21-33-22-28(23-8-4-2-5-9-23)24-10-6-3-7-11-24/h2-15,26,28,31H,16-22H2,1H3. The van der Waals surface area contributed by atoms with Crippen molar-refractivity contribution >= 4 is 5.69 Å². The molecule has 0 radical (unpaired) electrons. The smallest absolute Gasteiger partial charge is 0.119 e. The van der Waals surface area contributed by atoms with Gasteiger partial charge in [0.15, 0.2) is 0 Å². The second-order valence-electron chi connectivity index (χ2n) is 8.55. The van der Waals surface area contributed by atoms with E-state index in [9.17, 15) is 5.11 Å². The van der Waals surface area contributed by atoms with Crippen LogP contribution >= 0.6 is 0 Å². The number of β-amino-alcohol motifs (C(OH)–C–C–N with tert-alkyl or cyclic N) is 1. The van der Waals surface area contributed by atoms with E-state index < -0.39 is 6.10 Å². The molecule has 33 heavy (non-hydrogen) atoms. The van der Waals surface area contributed by atoms with E-state index in [1.54, 1.807) is 7.11 Å². The molecule has 0 aromatic heterocycles. The van der Waals surface area contributed by atoms with Gasteiger partial charge >= 0.3 is 0 Å². The van der Waals surface area contributed by atoms with E-state index in [1.807, 2.05) is 24.3 Å². The summed E-state index contributed by atoms with van der Waals surface area (Å²) in [6.07, 6.45) is -0.496. The Hall–Kier alpha value is -2.86. The van der Waals surface area contributed by atoms with Gasteiger partial charge in [0.25, 0.3) is 0 Å². The molecule has 1 N–H and O–H groups in total. The Bertz CT molecular complexity index is 902. The molecule has 4 rings (SSSR count). The van der Waals surface area contributed by atoms with Crippen LogP contribution < -0.4 is 9.64 Å². The number of rotatable bonds is 10. The molecule has 3 aromatic carbocycles. The molecule has 5 nitrogen and oxygen atoms in total. The van der Waals surface area contributed by atoms with Gasteiger partial charge in [0, 0.05) is 44.3 Å². The van der Waals surface area contributed by atoms with Gasteiger partial charge in [-0.25, -0.2) is 0 Å². The second kappa shape index (κ2) is 11.8. The van der Waals surface area contributed by atoms with Crippen LogP contribution in [0.5, 0.6) is 5.75 Å². The number of methoxy groups -OCH3 is 1. The average molecular weight is 447 g/mol. The van der Waals surface area contributed by atoms with Crippen LogP contribution in [0, 0.1) is 0 Å². The van der Waals surface area contributed by atoms with Gasteiger partial charge in [-0.05, 0) is 35.4 Å². The minimum atomic E-state index is -0.496. The van der Waals surface area contributed by atoms with Gasteiger partial charge in [-0.3, -0.25) is 4.90 Å². The Labute approximate surface area is 197 Å². The summed E-state index contributed by atoms with van der Waals surface area (Å²) in [5.41, 5.74) is 3.67. The number of nitrogens with zero attached hydrogens (tertiary/aromatic N) is 2. The first-order valence-electron chi connectivity index (χ1n) is 11.7. The molecule has 1 atom stereocenters. The molecule has 1 heterocycles. The molecule has 1 fully saturated rings. The Morgan fingerprint density at radius 1 is 0.758 bits per heavy atom. The maximum absolute atomic E-state index is 10.6. The lowest BCUT2D eigenvalue weighted by Gasteiger charge is -2.37. The first-order valence-corrected chi connectivity index (χ1v) is 11.7. The Kier molecular flexibility index (Phi) is 8.36. The molecule has 0 amide bonds. The quantitative estimate of drug-likeness (QED) is 0.510. The fraction of sp³-hybridized carbons (Fsp3) is 0.357. The summed E-state index contributed by atoms with van der Waals surface area (Å²) in [6.45, 7) is 5.29. The Morgan fingerprint density at radius 3 is 1.88 bits per heavy atom. The van der Waals surface area contributed by atoms with Crippen molar-refractivity contribution in [1.82, 2.24) is 4.90 Å². The van der Waals surface area contributed by atoms with Crippen molar-refractivity contribution < 1.29 is 14.6 Å². The zero-order chi connectivity index (χ0) is 22.9. The van der Waals surface area contributed by atoms with Crippen molar-refractivity contribution in [3.8, 4) is 5.75 Å². The van der Waals surface area contributed by atoms with Gasteiger partial charge in [-0.1, -0.05) is 60.7 Å². The van der Waals surface area contributed by atoms with E-state index in [0.29, 0.717) is 19.8 Å². The van der Waals surface area contributed by atoms with Gasteiger partial charge in [0.2, 0.25) is 0 Å². The fourth-order valence-corrected chi connectivity index (χ4v) is 4.41. The molecule has 5 heteroatoms. The molecule has 1 unspecified atom stereocenters. The number of anilines is 1. The van der Waals surface area contributed by atoms with E-state index >= 15 is 0 Å². The van der Waals surface area contributed by atoms with Crippen LogP contribution in [0.4, 0.5) is 5.69 Å². The van der Waals surface area contributed by atoms with E-state index in [1.165, 1.54) is 16.8 Å². The van der Waals surface area contributed by atoms with Gasteiger partial charge in [0.1, 0.15) is 5.75 Å². The molecule has 0 saturated carbocycles. The number of aliphatic hydroxyl groups is 1. The molecular weight excluding hydrogens is 412 g/mol. The van der Waals surface area contributed by atoms with Crippen molar-refractivity contribution in [2.45, 2.75) is 12.0 Å². The summed E-state index contributed by atoms with van der Waals surface area (Å²) in [4.78, 5) is 4.70. The van der Waals surface area contributed by atoms with E-state index in [0.717, 1.165) is 31.9 Å². The average Bonchev–Trinajstić information content (AvgIpc) is 2.88. The van der Waals surface area contributed by atoms with Gasteiger partial charge in [-0.2, -0.15) is 0 Å². The van der Waals surface area contributed by atoms with Crippen LogP contribution in [-0.2, 0) is 4.74 Å². The normalized spacial score (nSPS) is 15.5. The molecular formula is C28H34N2O3. The van der Waals surface area contributed by atoms with Crippen molar-refractivity contribution in [3.05, 3.63) is 96.1 Å². The molecule has 1 aliphatic rings. The number of benzene rings is 3. The minimum absolute atomic E-state index is 0.160. The van der Waals surface area contributed by atoms with Crippen molar-refractivity contribution in [2.75, 3.05) is 57.9 Å². The highest BCUT2D eigenvalue weighted by molar-refractivity contribution is 5.49. The molecule has 1 aliphatic heterocycles. The number of piperazine rings is 1. The zero-order valence-corrected chi connectivity index (χ0v) is 19.3. The molecule has 3 aromatic rings. The third kappa shape index (κ3) is 6.57. The summed E-state index contributed by atoms with van der Waals surface area (Å²) >= 11 is 0. The van der Waals surface area contributed by atoms with E-state index in [2.05, 4.69) is 70.5 Å². The predicted molar refractivity (Wildman–Crippen MR) is 133 cm³/mol. The SMILES string of the molecule is COc1ccc(N2CCN(CC(O)COCC(c3ccccc3)c3ccccc3)CC2)cc1. The summed E-state index contributed by atoms with van der Waals surface area (Å²) in [6, 6.07) is 29.1. The maximum atomic E-state index is 10.6. The Balaban J connectivity index is 1.23. The predicted octanol–water partition coefficient (Wildman–Crippen LogP) is 4.03. The van der Waals surface area contributed by atoms with Crippen molar-refractivity contribution in [1.29, 1.82) is 0 Å². The lowest BCUT2D eigenvalue weighted by molar-refractivity contribution is 0.0136. The number of aliphatic hydroxyl groups excluding tert-OH is 1. The largest absolute Gasteiger partial charge is 0.497 e. The molecule has 1 saturated heterocycles. The van der Waals surface area contributed by atoms with E-state index in [-0.39, 0.29) is 5.92 Å². The second-order valence-corrected chi connectivity index (χ2v) is 8.55. The van der Waals surface area contributed by atoms with Crippen LogP contribution in [-0.4, -0.2) is 69.2 Å². The highest BCUT2D eigenvalue weighted by Crippen LogP contribution is 2.25. The summed E-state index contributed by atoms with van der Waals surface area (Å²) in [7, 11) is 1.69. The lowest BCUT2D eigenvalue weighted by atomic mass is 9.92. The molecule has 0 aliphatic carbocycles. The summed E-state index contributed by atoms with van der Waals surface area (Å²) in [5, 5.41) is 10.6. The lowest BCUT2D eigenvalue weighted by Crippen LogP contribution is -2.49. The first-order chi connectivity index (χ1) is 16.2. The van der Waals surface area contributed by atoms with Crippen LogP contribution in [0.3, 0.4) is 0 Å². The number of ether oxygens (including phenoxy) is 2. The third-order valence-electron chi connectivity index (χ3n) is 6.28. The molecule has 0 spiro atoms. The zero-order valence-electron chi connectivity index (χ0n) is 19.3. The van der Waals surface area contributed by atoms with Crippen LogP contribution in [0.15, 0.2) is 84.9 Å². The van der Waals surface area contributed by atoms with Gasteiger partial charge < -0.3 is 19.5 Å².